The first-order valence-corrected chi connectivity index (χ1v) is 16.1. The highest BCUT2D eigenvalue weighted by molar-refractivity contribution is 7.99. The molecule has 0 aromatic heterocycles. The van der Waals surface area contributed by atoms with Gasteiger partial charge in [0, 0.05) is 58.6 Å². The van der Waals surface area contributed by atoms with E-state index in [1.54, 1.807) is 11.8 Å². The summed E-state index contributed by atoms with van der Waals surface area (Å²) in [6.07, 6.45) is 2.39. The average molecular weight is 602 g/mol. The third-order valence-corrected chi connectivity index (χ3v) is 6.92. The van der Waals surface area contributed by atoms with Crippen molar-refractivity contribution in [1.29, 1.82) is 0 Å². The number of hydrogen-bond acceptors (Lipinski definition) is 8. The molecule has 0 radical (unpaired) electrons. The summed E-state index contributed by atoms with van der Waals surface area (Å²) in [5, 5.41) is 10.7. The molecule has 1 saturated heterocycles. The summed E-state index contributed by atoms with van der Waals surface area (Å²) in [5.41, 5.74) is 2.65. The number of piperazine rings is 1. The maximum atomic E-state index is 9.19. The third kappa shape index (κ3) is 11.6. The van der Waals surface area contributed by atoms with Crippen molar-refractivity contribution < 1.29 is 31.0 Å². The minimum atomic E-state index is -3.67. The highest BCUT2D eigenvalue weighted by atomic mass is 35.5. The molecule has 1 fully saturated rings. The molecule has 0 bridgehead atoms. The standard InChI is InChI=1S/C20H22Cl2N2OS.2CH4O3S/c21-15-2-4-19-14(11-15)12-18(17-3-1-16(22)13-20(17)26-19)24-7-5-23(6-8-24)9-10-25;2*1-5(2,3)4/h1-4,11,13,18,25H,5-10,12H2;2*1H3,(H,2,3,4). The van der Waals surface area contributed by atoms with Crippen LogP contribution in [0.5, 0.6) is 0 Å². The molecule has 2 aromatic rings. The Hall–Kier alpha value is -0.930. The van der Waals surface area contributed by atoms with E-state index in [-0.39, 0.29) is 6.61 Å². The second-order valence-electron chi connectivity index (χ2n) is 8.32. The fourth-order valence-corrected chi connectivity index (χ4v) is 5.47. The summed E-state index contributed by atoms with van der Waals surface area (Å²) < 4.78 is 51.7. The van der Waals surface area contributed by atoms with Crippen LogP contribution in [0.4, 0.5) is 0 Å². The molecule has 4 rings (SSSR count). The average Bonchev–Trinajstić information content (AvgIpc) is 2.88. The lowest BCUT2D eigenvalue weighted by Gasteiger charge is -2.39. The van der Waals surface area contributed by atoms with Crippen LogP contribution < -0.4 is 0 Å². The molecule has 2 aromatic carbocycles. The lowest BCUT2D eigenvalue weighted by Crippen LogP contribution is -2.48. The van der Waals surface area contributed by atoms with Crippen molar-refractivity contribution in [2.45, 2.75) is 22.3 Å². The second-order valence-corrected chi connectivity index (χ2v) is 13.2. The van der Waals surface area contributed by atoms with E-state index in [1.165, 1.54) is 20.9 Å². The van der Waals surface area contributed by atoms with E-state index in [9.17, 15) is 21.9 Å². The molecule has 3 N–H and O–H groups in total. The first-order chi connectivity index (χ1) is 16.6. The zero-order chi connectivity index (χ0) is 27.1. The summed E-state index contributed by atoms with van der Waals surface area (Å²) in [4.78, 5) is 7.40. The number of halogens is 2. The summed E-state index contributed by atoms with van der Waals surface area (Å²) >= 11 is 14.4. The van der Waals surface area contributed by atoms with Gasteiger partial charge in [0.2, 0.25) is 0 Å². The van der Waals surface area contributed by atoms with E-state index in [4.69, 9.17) is 32.3 Å². The molecule has 1 atom stereocenters. The number of aliphatic hydroxyl groups is 1. The highest BCUT2D eigenvalue weighted by Crippen LogP contribution is 2.44. The maximum Gasteiger partial charge on any atom is 0.261 e. The van der Waals surface area contributed by atoms with Gasteiger partial charge in [0.1, 0.15) is 0 Å². The molecule has 0 spiro atoms. The van der Waals surface area contributed by atoms with Gasteiger partial charge >= 0.3 is 0 Å². The SMILES string of the molecule is CS(=O)(=O)O.CS(=O)(=O)O.OCCN1CCN(C2Cc3cc(Cl)ccc3Sc3cc(Cl)ccc32)CC1. The van der Waals surface area contributed by atoms with Crippen molar-refractivity contribution >= 4 is 55.2 Å². The zero-order valence-electron chi connectivity index (χ0n) is 19.8. The fraction of sp³-hybridized carbons (Fsp3) is 0.455. The largest absolute Gasteiger partial charge is 0.395 e. The number of β-amino-alcohol motifs (C(OH)–C–C–N with tert-alkyl or cyclic N) is 1. The van der Waals surface area contributed by atoms with Crippen LogP contribution in [0.25, 0.3) is 0 Å². The number of rotatable bonds is 3. The van der Waals surface area contributed by atoms with Gasteiger partial charge in [-0.3, -0.25) is 18.9 Å². The second kappa shape index (κ2) is 13.7. The predicted molar refractivity (Wildman–Crippen MR) is 144 cm³/mol. The van der Waals surface area contributed by atoms with Gasteiger partial charge in [0.15, 0.2) is 0 Å². The molecule has 2 heterocycles. The van der Waals surface area contributed by atoms with Gasteiger partial charge in [-0.1, -0.05) is 41.0 Å². The molecule has 202 valence electrons. The maximum absolute atomic E-state index is 9.19. The molecule has 2 aliphatic rings. The summed E-state index contributed by atoms with van der Waals surface area (Å²) in [7, 11) is -7.33. The Bertz CT molecular complexity index is 1190. The number of benzene rings is 2. The lowest BCUT2D eigenvalue weighted by atomic mass is 9.96. The summed E-state index contributed by atoms with van der Waals surface area (Å²) in [6, 6.07) is 12.8. The molecular formula is C22H30Cl2N2O7S3. The molecule has 2 aliphatic heterocycles. The van der Waals surface area contributed by atoms with Gasteiger partial charge in [-0.05, 0) is 47.9 Å². The number of nitrogens with zero attached hydrogens (tertiary/aromatic N) is 2. The van der Waals surface area contributed by atoms with Crippen LogP contribution in [0, 0.1) is 0 Å². The molecular weight excluding hydrogens is 571 g/mol. The first-order valence-electron chi connectivity index (χ1n) is 10.8. The Balaban J connectivity index is 0.000000389. The molecule has 14 heteroatoms. The van der Waals surface area contributed by atoms with Crippen molar-refractivity contribution in [1.82, 2.24) is 9.80 Å². The summed E-state index contributed by atoms with van der Waals surface area (Å²) in [5.74, 6) is 0. The monoisotopic (exact) mass is 600 g/mol. The number of aliphatic hydroxyl groups excluding tert-OH is 1. The Labute approximate surface area is 226 Å². The van der Waals surface area contributed by atoms with Gasteiger partial charge < -0.3 is 5.11 Å². The lowest BCUT2D eigenvalue weighted by molar-refractivity contribution is 0.0823. The molecule has 0 amide bonds. The van der Waals surface area contributed by atoms with Crippen LogP contribution in [-0.2, 0) is 26.7 Å². The van der Waals surface area contributed by atoms with E-state index in [2.05, 4.69) is 34.1 Å². The normalized spacial score (nSPS) is 18.5. The molecule has 0 saturated carbocycles. The van der Waals surface area contributed by atoms with Crippen molar-refractivity contribution in [3.8, 4) is 0 Å². The van der Waals surface area contributed by atoms with Crippen molar-refractivity contribution in [3.05, 3.63) is 57.6 Å². The van der Waals surface area contributed by atoms with E-state index < -0.39 is 20.2 Å². The molecule has 36 heavy (non-hydrogen) atoms. The minimum Gasteiger partial charge on any atom is -0.395 e. The third-order valence-electron chi connectivity index (χ3n) is 5.25. The Morgan fingerprint density at radius 2 is 1.42 bits per heavy atom. The van der Waals surface area contributed by atoms with E-state index in [1.807, 2.05) is 12.1 Å². The van der Waals surface area contributed by atoms with Crippen LogP contribution in [0.1, 0.15) is 17.2 Å². The van der Waals surface area contributed by atoms with Crippen LogP contribution >= 0.6 is 35.0 Å². The molecule has 0 aliphatic carbocycles. The first kappa shape index (κ1) is 31.3. The van der Waals surface area contributed by atoms with Crippen molar-refractivity contribution in [3.63, 3.8) is 0 Å². The van der Waals surface area contributed by atoms with Gasteiger partial charge in [0.05, 0.1) is 19.1 Å². The van der Waals surface area contributed by atoms with Crippen molar-refractivity contribution in [2.24, 2.45) is 0 Å². The Morgan fingerprint density at radius 1 is 0.889 bits per heavy atom. The van der Waals surface area contributed by atoms with E-state index in [0.29, 0.717) is 18.6 Å². The van der Waals surface area contributed by atoms with Crippen molar-refractivity contribution in [2.75, 3.05) is 51.8 Å². The topological polar surface area (TPSA) is 135 Å². The highest BCUT2D eigenvalue weighted by Gasteiger charge is 2.30. The van der Waals surface area contributed by atoms with Crippen LogP contribution in [0.15, 0.2) is 46.2 Å². The van der Waals surface area contributed by atoms with Crippen LogP contribution in [-0.4, -0.2) is 92.7 Å². The predicted octanol–water partition coefficient (Wildman–Crippen LogP) is 3.36. The van der Waals surface area contributed by atoms with Gasteiger partial charge in [-0.2, -0.15) is 16.8 Å². The molecule has 9 nitrogen and oxygen atoms in total. The zero-order valence-corrected chi connectivity index (χ0v) is 23.8. The molecule has 1 unspecified atom stereocenters. The minimum absolute atomic E-state index is 0.229. The Morgan fingerprint density at radius 3 is 1.97 bits per heavy atom. The smallest absolute Gasteiger partial charge is 0.261 e. The van der Waals surface area contributed by atoms with Crippen LogP contribution in [0.2, 0.25) is 10.0 Å². The Kier molecular flexibility index (Phi) is 11.9. The van der Waals surface area contributed by atoms with Gasteiger partial charge in [0.25, 0.3) is 20.2 Å². The van der Waals surface area contributed by atoms with Crippen LogP contribution in [0.3, 0.4) is 0 Å². The number of hydrogen-bond donors (Lipinski definition) is 3. The summed E-state index contributed by atoms with van der Waals surface area (Å²) in [6.45, 7) is 5.00. The van der Waals surface area contributed by atoms with Gasteiger partial charge in [-0.25, -0.2) is 0 Å². The van der Waals surface area contributed by atoms with E-state index in [0.717, 1.165) is 49.2 Å². The fourth-order valence-electron chi connectivity index (χ4n) is 3.88. The quantitative estimate of drug-likeness (QED) is 0.450. The van der Waals surface area contributed by atoms with Gasteiger partial charge in [-0.15, -0.1) is 0 Å². The van der Waals surface area contributed by atoms with E-state index >= 15 is 0 Å². The number of fused-ring (bicyclic) bond motifs is 2.